The van der Waals surface area contributed by atoms with E-state index < -0.39 is 5.91 Å². The zero-order valence-corrected chi connectivity index (χ0v) is 14.4. The van der Waals surface area contributed by atoms with Gasteiger partial charge in [0, 0.05) is 6.42 Å². The van der Waals surface area contributed by atoms with Crippen molar-refractivity contribution in [1.82, 2.24) is 20.4 Å². The summed E-state index contributed by atoms with van der Waals surface area (Å²) >= 11 is 6.94. The average Bonchev–Trinajstić information content (AvgIpc) is 3.17. The van der Waals surface area contributed by atoms with E-state index in [0.29, 0.717) is 15.6 Å². The Labute approximate surface area is 147 Å². The van der Waals surface area contributed by atoms with Crippen LogP contribution >= 0.6 is 22.9 Å². The number of aromatic nitrogens is 2. The van der Waals surface area contributed by atoms with Crippen LogP contribution < -0.4 is 10.9 Å². The number of fused-ring (bicyclic) bond motifs is 1. The quantitative estimate of drug-likeness (QED) is 0.701. The first kappa shape index (κ1) is 16.5. The van der Waals surface area contributed by atoms with Gasteiger partial charge >= 0.3 is 0 Å². The molecule has 0 aliphatic carbocycles. The number of amides is 2. The molecule has 0 radical (unpaired) electrons. The number of hydrogen-bond donors (Lipinski definition) is 2. The second kappa shape index (κ2) is 7.02. The summed E-state index contributed by atoms with van der Waals surface area (Å²) in [6.07, 6.45) is 0.710. The molecule has 2 amide bonds. The average molecular weight is 363 g/mol. The lowest BCUT2D eigenvalue weighted by molar-refractivity contribution is -0.122. The fourth-order valence-corrected chi connectivity index (χ4v) is 3.32. The molecule has 0 atom stereocenters. The molecule has 8 heteroatoms. The molecule has 0 saturated carbocycles. The van der Waals surface area contributed by atoms with Gasteiger partial charge in [-0.1, -0.05) is 30.7 Å². The van der Waals surface area contributed by atoms with Gasteiger partial charge in [-0.3, -0.25) is 20.4 Å². The van der Waals surface area contributed by atoms with Gasteiger partial charge in [0.15, 0.2) is 0 Å². The second-order valence-electron chi connectivity index (χ2n) is 5.06. The molecule has 0 spiro atoms. The summed E-state index contributed by atoms with van der Waals surface area (Å²) in [7, 11) is 0. The van der Waals surface area contributed by atoms with Crippen LogP contribution in [0, 0.1) is 0 Å². The second-order valence-corrected chi connectivity index (χ2v) is 6.78. The van der Waals surface area contributed by atoms with Gasteiger partial charge in [0.1, 0.15) is 12.4 Å². The zero-order chi connectivity index (χ0) is 17.1. The lowest BCUT2D eigenvalue weighted by Gasteiger charge is -2.09. The lowest BCUT2D eigenvalue weighted by atomic mass is 10.3. The van der Waals surface area contributed by atoms with Crippen LogP contribution in [0.5, 0.6) is 0 Å². The Morgan fingerprint density at radius 1 is 1.21 bits per heavy atom. The molecule has 0 unspecified atom stereocenters. The lowest BCUT2D eigenvalue weighted by Crippen LogP contribution is -2.43. The minimum Gasteiger partial charge on any atom is -0.318 e. The molecule has 0 aliphatic heterocycles. The van der Waals surface area contributed by atoms with Crippen molar-refractivity contribution in [2.24, 2.45) is 0 Å². The summed E-state index contributed by atoms with van der Waals surface area (Å²) in [4.78, 5) is 29.0. The van der Waals surface area contributed by atoms with Crippen LogP contribution in [0.2, 0.25) is 4.34 Å². The number of hydrazine groups is 1. The van der Waals surface area contributed by atoms with E-state index in [-0.39, 0.29) is 12.5 Å². The highest BCUT2D eigenvalue weighted by molar-refractivity contribution is 7.17. The highest BCUT2D eigenvalue weighted by atomic mass is 35.5. The summed E-state index contributed by atoms with van der Waals surface area (Å²) in [6.45, 7) is 2.06. The van der Waals surface area contributed by atoms with Gasteiger partial charge in [-0.15, -0.1) is 11.3 Å². The van der Waals surface area contributed by atoms with Gasteiger partial charge in [-0.25, -0.2) is 4.98 Å². The number of benzene rings is 1. The SMILES string of the molecule is CCc1nc2ccccc2n1CC(=O)NNC(=O)c1ccc(Cl)s1. The summed E-state index contributed by atoms with van der Waals surface area (Å²) < 4.78 is 2.36. The Morgan fingerprint density at radius 3 is 2.71 bits per heavy atom. The Bertz CT molecular complexity index is 903. The van der Waals surface area contributed by atoms with E-state index in [4.69, 9.17) is 11.6 Å². The van der Waals surface area contributed by atoms with Crippen LogP contribution in [0.4, 0.5) is 0 Å². The predicted molar refractivity (Wildman–Crippen MR) is 94.0 cm³/mol. The van der Waals surface area contributed by atoms with E-state index in [2.05, 4.69) is 15.8 Å². The molecule has 3 rings (SSSR count). The normalized spacial score (nSPS) is 10.8. The van der Waals surface area contributed by atoms with Gasteiger partial charge in [-0.05, 0) is 24.3 Å². The first-order valence-corrected chi connectivity index (χ1v) is 8.56. The maximum atomic E-state index is 12.2. The van der Waals surface area contributed by atoms with Crippen LogP contribution in [0.15, 0.2) is 36.4 Å². The highest BCUT2D eigenvalue weighted by Gasteiger charge is 2.14. The van der Waals surface area contributed by atoms with Gasteiger partial charge < -0.3 is 4.57 Å². The first-order valence-electron chi connectivity index (χ1n) is 7.37. The maximum Gasteiger partial charge on any atom is 0.279 e. The van der Waals surface area contributed by atoms with Gasteiger partial charge in [0.25, 0.3) is 11.8 Å². The fourth-order valence-electron chi connectivity index (χ4n) is 2.38. The Balaban J connectivity index is 1.68. The van der Waals surface area contributed by atoms with E-state index in [0.717, 1.165) is 28.2 Å². The van der Waals surface area contributed by atoms with Crippen molar-refractivity contribution in [3.63, 3.8) is 0 Å². The topological polar surface area (TPSA) is 76.0 Å². The molecular formula is C16H15ClN4O2S. The number of thiophene rings is 1. The predicted octanol–water partition coefficient (Wildman–Crippen LogP) is 2.77. The van der Waals surface area contributed by atoms with Crippen LogP contribution in [-0.2, 0) is 17.8 Å². The Kier molecular flexibility index (Phi) is 4.82. The molecule has 0 fully saturated rings. The first-order chi connectivity index (χ1) is 11.6. The van der Waals surface area contributed by atoms with Gasteiger partial charge in [-0.2, -0.15) is 0 Å². The van der Waals surface area contributed by atoms with E-state index in [1.807, 2.05) is 35.8 Å². The molecule has 124 valence electrons. The summed E-state index contributed by atoms with van der Waals surface area (Å²) in [5.41, 5.74) is 6.55. The van der Waals surface area contributed by atoms with Crippen molar-refractivity contribution in [1.29, 1.82) is 0 Å². The minimum atomic E-state index is -0.397. The number of hydrogen-bond acceptors (Lipinski definition) is 4. The van der Waals surface area contributed by atoms with Gasteiger partial charge in [0.2, 0.25) is 0 Å². The number of aryl methyl sites for hydroxylation is 1. The van der Waals surface area contributed by atoms with Crippen LogP contribution in [0.1, 0.15) is 22.4 Å². The molecular weight excluding hydrogens is 348 g/mol. The number of rotatable bonds is 4. The number of nitrogens with zero attached hydrogens (tertiary/aromatic N) is 2. The Morgan fingerprint density at radius 2 is 2.00 bits per heavy atom. The molecule has 2 heterocycles. The highest BCUT2D eigenvalue weighted by Crippen LogP contribution is 2.21. The third-order valence-corrected chi connectivity index (χ3v) is 4.69. The zero-order valence-electron chi connectivity index (χ0n) is 12.9. The molecule has 0 bridgehead atoms. The number of imidazole rings is 1. The monoisotopic (exact) mass is 362 g/mol. The fraction of sp³-hybridized carbons (Fsp3) is 0.188. The van der Waals surface area contributed by atoms with E-state index >= 15 is 0 Å². The van der Waals surface area contributed by atoms with Crippen molar-refractivity contribution >= 4 is 45.8 Å². The summed E-state index contributed by atoms with van der Waals surface area (Å²) in [5.74, 6) is 0.0954. The third-order valence-electron chi connectivity index (χ3n) is 3.46. The number of carbonyl (C=O) groups excluding carboxylic acids is 2. The van der Waals surface area contributed by atoms with Crippen LogP contribution in [0.25, 0.3) is 11.0 Å². The standard InChI is InChI=1S/C16H15ClN4O2S/c1-2-14-18-10-5-3-4-6-11(10)21(14)9-15(22)19-20-16(23)12-7-8-13(17)24-12/h3-8H,2,9H2,1H3,(H,19,22)(H,20,23). The molecule has 24 heavy (non-hydrogen) atoms. The van der Waals surface area contributed by atoms with Crippen molar-refractivity contribution in [2.45, 2.75) is 19.9 Å². The molecule has 2 aromatic heterocycles. The van der Waals surface area contributed by atoms with E-state index in [9.17, 15) is 9.59 Å². The molecule has 6 nitrogen and oxygen atoms in total. The van der Waals surface area contributed by atoms with Crippen molar-refractivity contribution in [2.75, 3.05) is 0 Å². The summed E-state index contributed by atoms with van der Waals surface area (Å²) in [5, 5.41) is 0. The smallest absolute Gasteiger partial charge is 0.279 e. The van der Waals surface area contributed by atoms with E-state index in [1.165, 1.54) is 0 Å². The number of nitrogens with one attached hydrogen (secondary N) is 2. The molecule has 0 saturated heterocycles. The largest absolute Gasteiger partial charge is 0.318 e. The molecule has 1 aromatic carbocycles. The maximum absolute atomic E-state index is 12.2. The van der Waals surface area contributed by atoms with Crippen molar-refractivity contribution in [3.8, 4) is 0 Å². The number of carbonyl (C=O) groups is 2. The number of halogens is 1. The van der Waals surface area contributed by atoms with E-state index in [1.54, 1.807) is 12.1 Å². The van der Waals surface area contributed by atoms with Gasteiger partial charge in [0.05, 0.1) is 20.2 Å². The van der Waals surface area contributed by atoms with Crippen molar-refractivity contribution < 1.29 is 9.59 Å². The minimum absolute atomic E-state index is 0.0785. The third kappa shape index (κ3) is 3.42. The van der Waals surface area contributed by atoms with Crippen molar-refractivity contribution in [3.05, 3.63) is 51.4 Å². The molecule has 0 aliphatic rings. The van der Waals surface area contributed by atoms with Crippen LogP contribution in [-0.4, -0.2) is 21.4 Å². The molecule has 2 N–H and O–H groups in total. The number of para-hydroxylation sites is 2. The van der Waals surface area contributed by atoms with Crippen LogP contribution in [0.3, 0.4) is 0 Å². The Hall–Kier alpha value is -2.38. The molecule has 3 aromatic rings. The summed E-state index contributed by atoms with van der Waals surface area (Å²) in [6, 6.07) is 10.9.